The quantitative estimate of drug-likeness (QED) is 0.442. The van der Waals surface area contributed by atoms with Crippen LogP contribution in [0.3, 0.4) is 0 Å². The third-order valence-corrected chi connectivity index (χ3v) is 5.16. The molecule has 0 atom stereocenters. The van der Waals surface area contributed by atoms with Gasteiger partial charge in [0, 0.05) is 11.1 Å². The lowest BCUT2D eigenvalue weighted by Gasteiger charge is -2.17. The number of rotatable bonds is 6. The Morgan fingerprint density at radius 3 is 2.23 bits per heavy atom. The number of ether oxygens (including phenoxy) is 1. The third-order valence-electron chi connectivity index (χ3n) is 4.51. The fourth-order valence-corrected chi connectivity index (χ4v) is 3.58. The van der Waals surface area contributed by atoms with Gasteiger partial charge in [-0.15, -0.1) is 0 Å². The van der Waals surface area contributed by atoms with E-state index < -0.39 is 0 Å². The van der Waals surface area contributed by atoms with Crippen LogP contribution in [0, 0.1) is 4.77 Å². The summed E-state index contributed by atoms with van der Waals surface area (Å²) in [6, 6.07) is 14.4. The minimum Gasteiger partial charge on any atom is -0.491 e. The molecule has 31 heavy (non-hydrogen) atoms. The molecule has 1 heterocycles. The SMILES string of the molecule is CC(C)Oc1ccc(/N=c2\n(N)c(=S)n(C(C)C)c(=O)n2Cc2ccc(Cl)cc2)cc1. The Bertz CT molecular complexity index is 1240. The highest BCUT2D eigenvalue weighted by atomic mass is 35.5. The van der Waals surface area contributed by atoms with Gasteiger partial charge in [0.1, 0.15) is 5.75 Å². The monoisotopic (exact) mass is 459 g/mol. The van der Waals surface area contributed by atoms with Crippen LogP contribution in [0.5, 0.6) is 5.75 Å². The van der Waals surface area contributed by atoms with Gasteiger partial charge in [-0.05, 0) is 81.9 Å². The van der Waals surface area contributed by atoms with Crippen LogP contribution in [-0.2, 0) is 6.54 Å². The second-order valence-corrected chi connectivity index (χ2v) is 8.49. The largest absolute Gasteiger partial charge is 0.491 e. The van der Waals surface area contributed by atoms with E-state index in [2.05, 4.69) is 4.99 Å². The summed E-state index contributed by atoms with van der Waals surface area (Å²) in [5.41, 5.74) is 1.47. The number of nitrogen functional groups attached to an aromatic ring is 1. The summed E-state index contributed by atoms with van der Waals surface area (Å²) in [6.45, 7) is 7.96. The maximum Gasteiger partial charge on any atom is 0.333 e. The zero-order valence-corrected chi connectivity index (χ0v) is 19.5. The first-order valence-corrected chi connectivity index (χ1v) is 10.8. The molecule has 0 spiro atoms. The highest BCUT2D eigenvalue weighted by Crippen LogP contribution is 2.18. The fraction of sp³-hybridized carbons (Fsp3) is 0.318. The molecule has 0 amide bonds. The minimum atomic E-state index is -0.282. The van der Waals surface area contributed by atoms with E-state index in [4.69, 9.17) is 34.4 Å². The normalized spacial score (nSPS) is 12.0. The number of aromatic nitrogens is 3. The predicted molar refractivity (Wildman–Crippen MR) is 126 cm³/mol. The van der Waals surface area contributed by atoms with Crippen molar-refractivity contribution in [2.45, 2.75) is 46.4 Å². The summed E-state index contributed by atoms with van der Waals surface area (Å²) in [5.74, 6) is 7.04. The Morgan fingerprint density at radius 2 is 1.68 bits per heavy atom. The molecule has 2 N–H and O–H groups in total. The molecule has 9 heteroatoms. The van der Waals surface area contributed by atoms with Gasteiger partial charge in [0.2, 0.25) is 10.4 Å². The molecule has 0 aliphatic rings. The Labute approximate surface area is 191 Å². The molecule has 1 aromatic heterocycles. The van der Waals surface area contributed by atoms with Gasteiger partial charge in [0.15, 0.2) is 0 Å². The maximum atomic E-state index is 13.3. The van der Waals surface area contributed by atoms with Crippen LogP contribution in [-0.4, -0.2) is 19.9 Å². The highest BCUT2D eigenvalue weighted by Gasteiger charge is 2.14. The van der Waals surface area contributed by atoms with E-state index in [1.165, 1.54) is 13.8 Å². The van der Waals surface area contributed by atoms with Crippen molar-refractivity contribution < 1.29 is 4.74 Å². The summed E-state index contributed by atoms with van der Waals surface area (Å²) in [4.78, 5) is 18.0. The van der Waals surface area contributed by atoms with Crippen LogP contribution in [0.25, 0.3) is 0 Å². The standard InChI is InChI=1S/C22H26ClN5O2S/c1-14(2)27-21(29)26(13-16-5-7-17(23)8-6-16)20(28(24)22(27)31)25-18-9-11-19(12-10-18)30-15(3)4/h5-12,14-15H,13,24H2,1-4H3/b25-20-. The molecule has 3 aromatic rings. The molecule has 0 radical (unpaired) electrons. The molecule has 2 aromatic carbocycles. The van der Waals surface area contributed by atoms with Crippen LogP contribution in [0.1, 0.15) is 39.3 Å². The van der Waals surface area contributed by atoms with E-state index in [1.807, 2.05) is 52.0 Å². The zero-order chi connectivity index (χ0) is 22.7. The molecule has 0 saturated carbocycles. The van der Waals surface area contributed by atoms with Crippen LogP contribution in [0.2, 0.25) is 5.02 Å². The summed E-state index contributed by atoms with van der Waals surface area (Å²) >= 11 is 11.5. The number of nitrogens with two attached hydrogens (primary N) is 1. The fourth-order valence-electron chi connectivity index (χ4n) is 3.08. The van der Waals surface area contributed by atoms with Gasteiger partial charge in [-0.3, -0.25) is 9.13 Å². The van der Waals surface area contributed by atoms with E-state index in [9.17, 15) is 4.79 Å². The van der Waals surface area contributed by atoms with E-state index in [0.717, 1.165) is 11.3 Å². The summed E-state index contributed by atoms with van der Waals surface area (Å²) in [5, 5.41) is 0.622. The van der Waals surface area contributed by atoms with E-state index in [1.54, 1.807) is 24.3 Å². The number of halogens is 1. The molecule has 0 saturated heterocycles. The first-order valence-electron chi connectivity index (χ1n) is 9.96. The molecule has 0 bridgehead atoms. The summed E-state index contributed by atoms with van der Waals surface area (Å²) < 4.78 is 10.1. The molecule has 0 fully saturated rings. The Hall–Kier alpha value is -2.84. The van der Waals surface area contributed by atoms with Crippen molar-refractivity contribution in [1.29, 1.82) is 0 Å². The number of hydrogen-bond donors (Lipinski definition) is 1. The van der Waals surface area contributed by atoms with Crippen molar-refractivity contribution in [2.75, 3.05) is 5.84 Å². The van der Waals surface area contributed by atoms with Crippen LogP contribution in [0.15, 0.2) is 58.3 Å². The lowest BCUT2D eigenvalue weighted by atomic mass is 10.2. The molecular formula is C22H26ClN5O2S. The average Bonchev–Trinajstić information content (AvgIpc) is 2.71. The number of nitrogens with zero attached hydrogens (tertiary/aromatic N) is 4. The van der Waals surface area contributed by atoms with Gasteiger partial charge in [0.05, 0.1) is 18.3 Å². The van der Waals surface area contributed by atoms with Crippen molar-refractivity contribution in [1.82, 2.24) is 13.8 Å². The summed E-state index contributed by atoms with van der Waals surface area (Å²) in [6.07, 6.45) is 0.0712. The Morgan fingerprint density at radius 1 is 1.06 bits per heavy atom. The molecule has 164 valence electrons. The number of benzene rings is 2. The van der Waals surface area contributed by atoms with E-state index >= 15 is 0 Å². The molecule has 0 aliphatic heterocycles. The van der Waals surface area contributed by atoms with E-state index in [0.29, 0.717) is 10.7 Å². The number of hydrogen-bond acceptors (Lipinski definition) is 5. The van der Waals surface area contributed by atoms with Crippen molar-refractivity contribution >= 4 is 29.5 Å². The molecule has 0 aliphatic carbocycles. The zero-order valence-electron chi connectivity index (χ0n) is 17.9. The van der Waals surface area contributed by atoms with Crippen LogP contribution in [0.4, 0.5) is 5.69 Å². The smallest absolute Gasteiger partial charge is 0.333 e. The van der Waals surface area contributed by atoms with Gasteiger partial charge in [-0.25, -0.2) is 14.5 Å². The molecule has 7 nitrogen and oxygen atoms in total. The topological polar surface area (TPSA) is 79.5 Å². The van der Waals surface area contributed by atoms with Crippen molar-refractivity contribution in [3.8, 4) is 5.75 Å². The van der Waals surface area contributed by atoms with Crippen molar-refractivity contribution in [3.05, 3.63) is 80.0 Å². The second-order valence-electron chi connectivity index (χ2n) is 7.68. The van der Waals surface area contributed by atoms with Gasteiger partial charge in [0.25, 0.3) is 0 Å². The maximum absolute atomic E-state index is 13.3. The van der Waals surface area contributed by atoms with E-state index in [-0.39, 0.29) is 34.8 Å². The van der Waals surface area contributed by atoms with Gasteiger partial charge in [-0.2, -0.15) is 0 Å². The molecule has 3 rings (SSSR count). The first kappa shape index (κ1) is 22.8. The summed E-state index contributed by atoms with van der Waals surface area (Å²) in [7, 11) is 0. The van der Waals surface area contributed by atoms with Gasteiger partial charge >= 0.3 is 5.69 Å². The highest BCUT2D eigenvalue weighted by molar-refractivity contribution is 7.71. The predicted octanol–water partition coefficient (Wildman–Crippen LogP) is 4.20. The van der Waals surface area contributed by atoms with Crippen molar-refractivity contribution in [3.63, 3.8) is 0 Å². The Kier molecular flexibility index (Phi) is 7.02. The molecule has 0 unspecified atom stereocenters. The first-order chi connectivity index (χ1) is 14.7. The molecular weight excluding hydrogens is 434 g/mol. The van der Waals surface area contributed by atoms with Gasteiger partial charge in [-0.1, -0.05) is 23.7 Å². The van der Waals surface area contributed by atoms with Crippen LogP contribution >= 0.6 is 23.8 Å². The second kappa shape index (κ2) is 9.53. The third kappa shape index (κ3) is 5.26. The van der Waals surface area contributed by atoms with Gasteiger partial charge < -0.3 is 10.6 Å². The Balaban J connectivity index is 2.20. The average molecular weight is 460 g/mol. The van der Waals surface area contributed by atoms with Crippen molar-refractivity contribution in [2.24, 2.45) is 4.99 Å². The van der Waals surface area contributed by atoms with Crippen LogP contribution < -0.4 is 21.9 Å². The lowest BCUT2D eigenvalue weighted by molar-refractivity contribution is 0.242. The lowest BCUT2D eigenvalue weighted by Crippen LogP contribution is -2.49. The minimum absolute atomic E-state index is 0.0712.